The number of pyridine rings is 1. The molecule has 0 amide bonds. The summed E-state index contributed by atoms with van der Waals surface area (Å²) in [6.45, 7) is -2.75. The van der Waals surface area contributed by atoms with Crippen LogP contribution in [0.4, 0.5) is 8.78 Å². The van der Waals surface area contributed by atoms with Gasteiger partial charge in [0.25, 0.3) is 0 Å². The van der Waals surface area contributed by atoms with E-state index in [9.17, 15) is 27.3 Å². The van der Waals surface area contributed by atoms with Gasteiger partial charge in [0.15, 0.2) is 16.9 Å². The molecular formula is C29H25Cl2F2N3O6S2. The van der Waals surface area contributed by atoms with Gasteiger partial charge in [-0.3, -0.25) is 4.98 Å². The van der Waals surface area contributed by atoms with Crippen LogP contribution in [0.2, 0.25) is 10.0 Å². The van der Waals surface area contributed by atoms with Crippen LogP contribution >= 0.6 is 35.0 Å². The van der Waals surface area contributed by atoms with Crippen molar-refractivity contribution in [2.75, 3.05) is 18.9 Å². The van der Waals surface area contributed by atoms with E-state index in [1.165, 1.54) is 54.9 Å². The number of carbonyl (C=O) groups excluding carboxylic acids is 1. The van der Waals surface area contributed by atoms with Crippen molar-refractivity contribution in [2.45, 2.75) is 42.2 Å². The maximum Gasteiger partial charge on any atom is 0.387 e. The third-order valence-electron chi connectivity index (χ3n) is 6.95. The van der Waals surface area contributed by atoms with E-state index in [0.29, 0.717) is 29.4 Å². The molecule has 1 aliphatic carbocycles. The van der Waals surface area contributed by atoms with Crippen molar-refractivity contribution in [1.29, 1.82) is 5.26 Å². The minimum absolute atomic E-state index is 0.0368. The molecule has 1 saturated carbocycles. The average molecular weight is 685 g/mol. The zero-order valence-corrected chi connectivity index (χ0v) is 26.0. The van der Waals surface area contributed by atoms with Gasteiger partial charge in [0, 0.05) is 31.1 Å². The SMILES string of the molecule is N#Cc1cccc(S(=O)(=O)N2CCS[C@H]2C(=O)O[C@@H](Cc2c(Cl)cncc2Cl)c2ccc(OC(F)F)c(OCC3CC3)c2)c1. The molecule has 2 heterocycles. The molecule has 2 atom stereocenters. The fourth-order valence-corrected chi connectivity index (χ4v) is 8.13. The number of ether oxygens (including phenoxy) is 3. The maximum atomic E-state index is 13.7. The third-order valence-corrected chi connectivity index (χ3v) is 10.8. The van der Waals surface area contributed by atoms with Crippen LogP contribution in [0.3, 0.4) is 0 Å². The number of carbonyl (C=O) groups is 1. The number of aromatic nitrogens is 1. The standard InChI is InChI=1S/C29H25Cl2F2N3O6S2/c30-22-14-35-15-23(31)21(22)12-25(19-6-7-24(42-29(32)33)26(11-19)40-16-17-4-5-17)41-28(37)27-36(8-9-43-27)44(38,39)20-3-1-2-18(10-20)13-34/h1-3,6-7,10-11,14-15,17,25,27,29H,4-5,8-9,12,16H2/t25-,27-/m0/s1. The molecule has 2 aliphatic rings. The number of thioether (sulfide) groups is 1. The molecule has 0 bridgehead atoms. The fourth-order valence-electron chi connectivity index (χ4n) is 4.52. The van der Waals surface area contributed by atoms with Crippen molar-refractivity contribution < 1.29 is 36.2 Å². The number of nitrogens with zero attached hydrogens (tertiary/aromatic N) is 3. The van der Waals surface area contributed by atoms with Gasteiger partial charge in [-0.2, -0.15) is 18.3 Å². The highest BCUT2D eigenvalue weighted by Gasteiger charge is 2.42. The van der Waals surface area contributed by atoms with Crippen LogP contribution in [0.5, 0.6) is 11.5 Å². The second-order valence-electron chi connectivity index (χ2n) is 10.0. The molecule has 15 heteroatoms. The second-order valence-corrected chi connectivity index (χ2v) is 13.9. The number of halogens is 4. The zero-order chi connectivity index (χ0) is 31.4. The first-order chi connectivity index (χ1) is 21.1. The van der Waals surface area contributed by atoms with Gasteiger partial charge < -0.3 is 14.2 Å². The van der Waals surface area contributed by atoms with Crippen LogP contribution in [0.15, 0.2) is 59.8 Å². The average Bonchev–Trinajstić information content (AvgIpc) is 3.69. The van der Waals surface area contributed by atoms with E-state index in [1.807, 2.05) is 6.07 Å². The Labute approximate surface area is 267 Å². The highest BCUT2D eigenvalue weighted by molar-refractivity contribution is 8.02. The molecule has 0 spiro atoms. The topological polar surface area (TPSA) is 119 Å². The summed E-state index contributed by atoms with van der Waals surface area (Å²) in [7, 11) is -4.17. The molecule has 0 N–H and O–H groups in total. The minimum Gasteiger partial charge on any atom is -0.489 e. The quantitative estimate of drug-likeness (QED) is 0.204. The van der Waals surface area contributed by atoms with Crippen LogP contribution in [0.25, 0.3) is 0 Å². The Bertz CT molecular complexity index is 1670. The second kappa shape index (κ2) is 13.9. The molecule has 0 radical (unpaired) electrons. The van der Waals surface area contributed by atoms with Crippen LogP contribution < -0.4 is 9.47 Å². The number of sulfonamides is 1. The molecule has 232 valence electrons. The Morgan fingerprint density at radius 2 is 1.89 bits per heavy atom. The normalized spacial score (nSPS) is 17.7. The van der Waals surface area contributed by atoms with Crippen LogP contribution in [0.1, 0.15) is 35.6 Å². The van der Waals surface area contributed by atoms with Gasteiger partial charge in [0.1, 0.15) is 6.10 Å². The van der Waals surface area contributed by atoms with Crippen molar-refractivity contribution in [3.05, 3.63) is 81.6 Å². The summed E-state index contributed by atoms with van der Waals surface area (Å²) in [5.74, 6) is -0.366. The highest BCUT2D eigenvalue weighted by atomic mass is 35.5. The molecule has 0 unspecified atom stereocenters. The maximum absolute atomic E-state index is 13.7. The number of hydrogen-bond donors (Lipinski definition) is 0. The number of hydrogen-bond acceptors (Lipinski definition) is 9. The first kappa shape index (κ1) is 32.2. The molecule has 5 rings (SSSR count). The number of nitriles is 1. The summed E-state index contributed by atoms with van der Waals surface area (Å²) < 4.78 is 70.7. The number of esters is 1. The van der Waals surface area contributed by atoms with Crippen molar-refractivity contribution in [1.82, 2.24) is 9.29 Å². The summed E-state index contributed by atoms with van der Waals surface area (Å²) in [4.78, 5) is 17.5. The molecule has 1 saturated heterocycles. The Morgan fingerprint density at radius 3 is 2.57 bits per heavy atom. The van der Waals surface area contributed by atoms with E-state index in [4.69, 9.17) is 32.7 Å². The van der Waals surface area contributed by atoms with Gasteiger partial charge in [0.05, 0.1) is 33.2 Å². The van der Waals surface area contributed by atoms with Crippen LogP contribution in [-0.4, -0.2) is 54.6 Å². The predicted octanol–water partition coefficient (Wildman–Crippen LogP) is 6.24. The van der Waals surface area contributed by atoms with E-state index in [1.54, 1.807) is 0 Å². The third kappa shape index (κ3) is 7.55. The highest BCUT2D eigenvalue weighted by Crippen LogP contribution is 2.39. The van der Waals surface area contributed by atoms with Gasteiger partial charge in [-0.05, 0) is 60.2 Å². The van der Waals surface area contributed by atoms with Crippen molar-refractivity contribution in [3.8, 4) is 17.6 Å². The molecule has 2 fully saturated rings. The van der Waals surface area contributed by atoms with Crippen molar-refractivity contribution >= 4 is 51.0 Å². The lowest BCUT2D eigenvalue weighted by atomic mass is 10.0. The first-order valence-electron chi connectivity index (χ1n) is 13.4. The Balaban J connectivity index is 1.46. The Morgan fingerprint density at radius 1 is 1.14 bits per heavy atom. The largest absolute Gasteiger partial charge is 0.489 e. The summed E-state index contributed by atoms with van der Waals surface area (Å²) in [5, 5.41) is 8.41. The van der Waals surface area contributed by atoms with Gasteiger partial charge in [-0.25, -0.2) is 13.2 Å². The van der Waals surface area contributed by atoms with Gasteiger partial charge >= 0.3 is 12.6 Å². The minimum atomic E-state index is -4.17. The predicted molar refractivity (Wildman–Crippen MR) is 159 cm³/mol. The van der Waals surface area contributed by atoms with Crippen molar-refractivity contribution in [2.24, 2.45) is 5.92 Å². The smallest absolute Gasteiger partial charge is 0.387 e. The van der Waals surface area contributed by atoms with E-state index in [0.717, 1.165) is 28.9 Å². The lowest BCUT2D eigenvalue weighted by Crippen LogP contribution is -2.40. The molecular weight excluding hydrogens is 659 g/mol. The Kier molecular flexibility index (Phi) is 10.2. The first-order valence-corrected chi connectivity index (χ1v) is 16.6. The summed E-state index contributed by atoms with van der Waals surface area (Å²) >= 11 is 13.8. The fraction of sp³-hybridized carbons (Fsp3) is 0.345. The lowest BCUT2D eigenvalue weighted by molar-refractivity contribution is -0.150. The molecule has 9 nitrogen and oxygen atoms in total. The van der Waals surface area contributed by atoms with Gasteiger partial charge in [-0.1, -0.05) is 35.3 Å². The molecule has 1 aromatic heterocycles. The number of benzene rings is 2. The summed E-state index contributed by atoms with van der Waals surface area (Å²) in [6.07, 6.45) is 3.55. The van der Waals surface area contributed by atoms with E-state index in [2.05, 4.69) is 9.72 Å². The van der Waals surface area contributed by atoms with E-state index in [-0.39, 0.29) is 45.0 Å². The van der Waals surface area contributed by atoms with E-state index >= 15 is 0 Å². The molecule has 44 heavy (non-hydrogen) atoms. The molecule has 1 aliphatic heterocycles. The van der Waals surface area contributed by atoms with Gasteiger partial charge in [0.2, 0.25) is 10.0 Å². The summed E-state index contributed by atoms with van der Waals surface area (Å²) in [5.41, 5.74) is 0.919. The van der Waals surface area contributed by atoms with Gasteiger partial charge in [-0.15, -0.1) is 11.8 Å². The number of rotatable bonds is 12. The van der Waals surface area contributed by atoms with Crippen molar-refractivity contribution in [3.63, 3.8) is 0 Å². The summed E-state index contributed by atoms with van der Waals surface area (Å²) in [6, 6.07) is 11.6. The van der Waals surface area contributed by atoms with Crippen LogP contribution in [-0.2, 0) is 26.0 Å². The monoisotopic (exact) mass is 683 g/mol. The lowest BCUT2D eigenvalue weighted by Gasteiger charge is -2.26. The van der Waals surface area contributed by atoms with Crippen LogP contribution in [0, 0.1) is 17.2 Å². The van der Waals surface area contributed by atoms with E-state index < -0.39 is 34.1 Å². The zero-order valence-electron chi connectivity index (χ0n) is 22.9. The number of alkyl halides is 2. The Hall–Kier alpha value is -3.15. The molecule has 2 aromatic carbocycles. The molecule has 3 aromatic rings.